The van der Waals surface area contributed by atoms with Crippen LogP contribution in [0.25, 0.3) is 0 Å². The van der Waals surface area contributed by atoms with E-state index in [2.05, 4.69) is 0 Å². The minimum absolute atomic E-state index is 0. The van der Waals surface area contributed by atoms with Gasteiger partial charge < -0.3 is 71.3 Å². The van der Waals surface area contributed by atoms with Crippen LogP contribution in [0, 0.1) is 0 Å². The van der Waals surface area contributed by atoms with Gasteiger partial charge in [0.1, 0.15) is 39.3 Å². The molecule has 0 rings (SSSR count). The second-order valence-electron chi connectivity index (χ2n) is 4.20. The van der Waals surface area contributed by atoms with Crippen LogP contribution < -0.4 is 89.3 Å². The predicted molar refractivity (Wildman–Crippen MR) is 71.4 cm³/mol. The second kappa shape index (κ2) is 28.6. The number of hydrogen-bond donors (Lipinski definition) is 2. The van der Waals surface area contributed by atoms with E-state index in [1.807, 2.05) is 0 Å². The summed E-state index contributed by atoms with van der Waals surface area (Å²) in [6.45, 7) is -2.62. The number of rotatable bonds is 11. The molecule has 0 unspecified atom stereocenters. The molecule has 0 heterocycles. The minimum atomic E-state index is -1.48. The van der Waals surface area contributed by atoms with Crippen LogP contribution in [0.2, 0.25) is 0 Å². The van der Waals surface area contributed by atoms with E-state index in [0.29, 0.717) is 0 Å². The van der Waals surface area contributed by atoms with Crippen molar-refractivity contribution >= 4 is 46.9 Å². The number of nitrogens with one attached hydrogen (secondary N) is 2. The molecular weight excluding hydrogens is 410 g/mol. The van der Waals surface area contributed by atoms with Crippen LogP contribution >= 0.6 is 0 Å². The Kier molecular flexibility index (Phi) is 53.8. The molecule has 0 aromatic carbocycles. The average molecular weight is 433 g/mol. The minimum Gasteiger partial charge on any atom is -0.544 e. The van der Waals surface area contributed by atoms with E-state index in [4.69, 9.17) is 0 Å². The average Bonchev–Trinajstić information content (AvgIpc) is 2.22. The van der Waals surface area contributed by atoms with Crippen molar-refractivity contribution in [1.29, 1.82) is 0 Å². The summed E-state index contributed by atoms with van der Waals surface area (Å²) in [5.74, 6) is -5.93. The number of carboxylic acid groups (broad SMARTS) is 4. The van der Waals surface area contributed by atoms with E-state index in [1.165, 1.54) is 0 Å². The van der Waals surface area contributed by atoms with Gasteiger partial charge in [-0.3, -0.25) is 0 Å². The molecule has 0 aromatic rings. The first kappa shape index (κ1) is 50.7. The third kappa shape index (κ3) is 34.3. The molecule has 0 fully saturated rings. The van der Waals surface area contributed by atoms with Gasteiger partial charge in [0.05, 0.1) is 23.9 Å². The molecule has 0 amide bonds. The topological polar surface area (TPSA) is 295 Å². The van der Waals surface area contributed by atoms with Crippen molar-refractivity contribution in [1.82, 2.24) is 0 Å². The van der Waals surface area contributed by atoms with Gasteiger partial charge in [-0.05, 0) is 0 Å². The van der Waals surface area contributed by atoms with E-state index < -0.39 is 50.1 Å². The molecule has 0 bridgehead atoms. The number of aliphatic carboxylic acids is 4. The summed E-state index contributed by atoms with van der Waals surface area (Å²) < 4.78 is 0. The first-order chi connectivity index (χ1) is 9.20. The molecule has 0 saturated heterocycles. The van der Waals surface area contributed by atoms with Gasteiger partial charge in [-0.25, -0.2) is 0 Å². The van der Waals surface area contributed by atoms with Crippen molar-refractivity contribution in [3.63, 3.8) is 0 Å². The Balaban J connectivity index is -0.0000000860. The van der Waals surface area contributed by atoms with Gasteiger partial charge in [0.15, 0.2) is 0 Å². The number of carboxylic acids is 4. The third-order valence-corrected chi connectivity index (χ3v) is 2.41. The molecule has 0 radical (unpaired) electrons. The van der Waals surface area contributed by atoms with Gasteiger partial charge in [-0.15, -0.1) is 0 Å². The fraction of sp³-hybridized carbons (Fsp3) is 0.600. The van der Waals surface area contributed by atoms with Gasteiger partial charge in [0.2, 0.25) is 0 Å². The first-order valence-electron chi connectivity index (χ1n) is 5.67. The van der Waals surface area contributed by atoms with Crippen molar-refractivity contribution in [3.05, 3.63) is 0 Å². The predicted octanol–water partition coefficient (Wildman–Crippen LogP) is -19.9. The first-order valence-corrected chi connectivity index (χ1v) is 5.67. The van der Waals surface area contributed by atoms with Crippen LogP contribution in [-0.2, 0) is 19.2 Å². The van der Waals surface area contributed by atoms with Gasteiger partial charge in [0.25, 0.3) is 0 Å². The maximum absolute atomic E-state index is 10.4. The van der Waals surface area contributed by atoms with Gasteiger partial charge in [-0.2, -0.15) is 0 Å². The van der Waals surface area contributed by atoms with Gasteiger partial charge in [0, 0.05) is 0 Å². The SMILES string of the molecule is O.O.O.O.O=C([O-])C[NH+](CC[NH+](CC(=O)[O-])CC(=O)[O-])CC(=O)[O-].[Mg+2].[Na+].[Na+]. The zero-order valence-corrected chi connectivity index (χ0v) is 20.6. The van der Waals surface area contributed by atoms with Gasteiger partial charge in [-0.1, -0.05) is 0 Å². The van der Waals surface area contributed by atoms with Crippen molar-refractivity contribution < 1.29 is 130 Å². The van der Waals surface area contributed by atoms with Crippen molar-refractivity contribution in [2.24, 2.45) is 0 Å². The van der Waals surface area contributed by atoms with Crippen LogP contribution in [0.15, 0.2) is 0 Å². The zero-order valence-electron chi connectivity index (χ0n) is 15.2. The van der Waals surface area contributed by atoms with Crippen LogP contribution in [0.1, 0.15) is 0 Å². The van der Waals surface area contributed by atoms with E-state index in [-0.39, 0.29) is 127 Å². The standard InChI is InChI=1S/C10H16N2O8.Mg.2Na.4H2O/c13-7(14)3-11(4-8(15)16)1-2-12(5-9(17)18)6-10(19)20;;;;;;;/h1-6H2,(H,13,14)(H,15,16)(H,17,18)(H,19,20);;;;4*1H2/q;+2;2*+1;;;;/p-2. The molecular formula is C10H22MgN2Na2O12+2. The number of quaternary nitrogens is 2. The number of carbonyl (C=O) groups excluding carboxylic acids is 4. The summed E-state index contributed by atoms with van der Waals surface area (Å²) in [5, 5.41) is 41.7. The normalized spacial score (nSPS) is 7.93. The Morgan fingerprint density at radius 1 is 0.519 bits per heavy atom. The Morgan fingerprint density at radius 2 is 0.667 bits per heavy atom. The maximum atomic E-state index is 10.4. The fourth-order valence-electron chi connectivity index (χ4n) is 1.65. The van der Waals surface area contributed by atoms with Crippen LogP contribution in [0.4, 0.5) is 0 Å². The summed E-state index contributed by atoms with van der Waals surface area (Å²) >= 11 is 0. The molecule has 0 aliphatic carbocycles. The molecule has 0 saturated carbocycles. The summed E-state index contributed by atoms with van der Waals surface area (Å²) in [6, 6.07) is 0. The summed E-state index contributed by atoms with van der Waals surface area (Å²) in [4.78, 5) is 41.8. The van der Waals surface area contributed by atoms with E-state index in [0.717, 1.165) is 0 Å². The van der Waals surface area contributed by atoms with Gasteiger partial charge >= 0.3 is 82.2 Å². The van der Waals surface area contributed by atoms with E-state index in [9.17, 15) is 39.6 Å². The molecule has 0 spiro atoms. The molecule has 0 aliphatic rings. The molecule has 0 atom stereocenters. The Bertz CT molecular complexity index is 336. The summed E-state index contributed by atoms with van der Waals surface area (Å²) in [7, 11) is 0. The van der Waals surface area contributed by atoms with E-state index in [1.54, 1.807) is 0 Å². The van der Waals surface area contributed by atoms with Crippen molar-refractivity contribution in [2.75, 3.05) is 39.3 Å². The third-order valence-electron chi connectivity index (χ3n) is 2.41. The Morgan fingerprint density at radius 3 is 0.778 bits per heavy atom. The van der Waals surface area contributed by atoms with Crippen LogP contribution in [0.5, 0.6) is 0 Å². The van der Waals surface area contributed by atoms with Crippen LogP contribution in [0.3, 0.4) is 0 Å². The molecule has 14 nitrogen and oxygen atoms in total. The van der Waals surface area contributed by atoms with Crippen molar-refractivity contribution in [2.45, 2.75) is 0 Å². The maximum Gasteiger partial charge on any atom is 2.00 e. The molecule has 0 aliphatic heterocycles. The molecule has 10 N–H and O–H groups in total. The Labute approximate surface area is 214 Å². The number of hydrogen-bond acceptors (Lipinski definition) is 8. The fourth-order valence-corrected chi connectivity index (χ4v) is 1.65. The zero-order chi connectivity index (χ0) is 15.7. The smallest absolute Gasteiger partial charge is 0.544 e. The van der Waals surface area contributed by atoms with Crippen LogP contribution in [-0.4, -0.2) is 108 Å². The van der Waals surface area contributed by atoms with Crippen molar-refractivity contribution in [3.8, 4) is 0 Å². The molecule has 146 valence electrons. The summed E-state index contributed by atoms with van der Waals surface area (Å²) in [6.07, 6.45) is 0. The molecule has 0 aromatic heterocycles. The van der Waals surface area contributed by atoms with E-state index >= 15 is 0 Å². The molecule has 17 heteroatoms. The second-order valence-corrected chi connectivity index (χ2v) is 4.20. The quantitative estimate of drug-likeness (QED) is 0.294. The largest absolute Gasteiger partial charge is 2.00 e. The summed E-state index contributed by atoms with van der Waals surface area (Å²) in [5.41, 5.74) is 0. The monoisotopic (exact) mass is 432 g/mol. The number of carbonyl (C=O) groups is 4. The molecule has 27 heavy (non-hydrogen) atoms. The Hall–Kier alpha value is 0.406.